The van der Waals surface area contributed by atoms with Crippen LogP contribution in [0.1, 0.15) is 82.7 Å². The van der Waals surface area contributed by atoms with Crippen LogP contribution in [-0.4, -0.2) is 93.4 Å². The highest BCUT2D eigenvalue weighted by atomic mass is 19.4. The normalized spacial score (nSPS) is 27.0. The van der Waals surface area contributed by atoms with Crippen LogP contribution in [0.25, 0.3) is 0 Å². The highest BCUT2D eigenvalue weighted by molar-refractivity contribution is 6.31. The van der Waals surface area contributed by atoms with Gasteiger partial charge < -0.3 is 44.7 Å². The van der Waals surface area contributed by atoms with Gasteiger partial charge >= 0.3 is 12.1 Å². The zero-order valence-electron chi connectivity index (χ0n) is 25.3. The molecule has 5 N–H and O–H groups in total. The number of carbonyl (C=O) groups excluding carboxylic acids is 4. The molecule has 0 radical (unpaired) electrons. The van der Waals surface area contributed by atoms with Gasteiger partial charge in [-0.1, -0.05) is 12.1 Å². The Labute approximate surface area is 265 Å². The van der Waals surface area contributed by atoms with Crippen molar-refractivity contribution in [1.82, 2.24) is 5.32 Å². The van der Waals surface area contributed by atoms with Crippen molar-refractivity contribution in [2.75, 3.05) is 13.4 Å². The van der Waals surface area contributed by atoms with Crippen molar-refractivity contribution in [3.8, 4) is 17.2 Å². The molecule has 0 aromatic heterocycles. The number of alkyl halides is 3. The predicted molar refractivity (Wildman–Crippen MR) is 151 cm³/mol. The standard InChI is InChI=1S/C31H32F3NO12/c1-4-44-11-45-17-7-5-6-14-20(17)27(40)23-22(25(14)38)26(39)15-9-30(43,13(3)36)10-18(21(15)28(23)41)47-19-8-16(24(37)12(2)46-19)35-29(42)31(32,33)34/h5-7,12,16,18-19,24,37,39,41,43H,4,8-11H2,1-3H3,(H,35,42)/t12?,16?,18-,19?,24?,30-/m0/s1. The van der Waals surface area contributed by atoms with E-state index in [-0.39, 0.29) is 41.4 Å². The van der Waals surface area contributed by atoms with Gasteiger partial charge in [0.1, 0.15) is 29.0 Å². The second-order valence-corrected chi connectivity index (χ2v) is 11.6. The number of benzene rings is 2. The van der Waals surface area contributed by atoms with Crippen LogP contribution in [0.15, 0.2) is 18.2 Å². The van der Waals surface area contributed by atoms with Gasteiger partial charge in [-0.3, -0.25) is 19.2 Å². The number of amides is 1. The summed E-state index contributed by atoms with van der Waals surface area (Å²) in [6, 6.07) is 2.66. The maximum absolute atomic E-state index is 13.9. The second-order valence-electron chi connectivity index (χ2n) is 11.6. The largest absolute Gasteiger partial charge is 0.507 e. The van der Waals surface area contributed by atoms with Crippen LogP contribution in [-0.2, 0) is 30.2 Å². The van der Waals surface area contributed by atoms with Gasteiger partial charge in [-0.2, -0.15) is 13.2 Å². The summed E-state index contributed by atoms with van der Waals surface area (Å²) in [5.74, 6) is -6.49. The zero-order chi connectivity index (χ0) is 34.6. The average Bonchev–Trinajstić information content (AvgIpc) is 2.99. The van der Waals surface area contributed by atoms with Gasteiger partial charge in [0.05, 0.1) is 34.9 Å². The number of phenols is 2. The molecule has 4 unspecified atom stereocenters. The van der Waals surface area contributed by atoms with Crippen LogP contribution in [0.3, 0.4) is 0 Å². The van der Waals surface area contributed by atoms with Gasteiger partial charge in [-0.25, -0.2) is 0 Å². The summed E-state index contributed by atoms with van der Waals surface area (Å²) >= 11 is 0. The fraction of sp³-hybridized carbons (Fsp3) is 0.484. The third-order valence-electron chi connectivity index (χ3n) is 8.61. The molecule has 254 valence electrons. The molecule has 16 heteroatoms. The first-order valence-electron chi connectivity index (χ1n) is 14.6. The minimum absolute atomic E-state index is 0.0367. The quantitative estimate of drug-likeness (QED) is 0.133. The van der Waals surface area contributed by atoms with E-state index in [1.807, 2.05) is 0 Å². The van der Waals surface area contributed by atoms with E-state index in [0.29, 0.717) is 0 Å². The molecule has 47 heavy (non-hydrogen) atoms. The van der Waals surface area contributed by atoms with Crippen molar-refractivity contribution < 1.29 is 71.7 Å². The number of hydrogen-bond donors (Lipinski definition) is 5. The van der Waals surface area contributed by atoms with Crippen molar-refractivity contribution >= 4 is 23.3 Å². The summed E-state index contributed by atoms with van der Waals surface area (Å²) in [6.45, 7) is 4.10. The lowest BCUT2D eigenvalue weighted by Crippen LogP contribution is -2.57. The summed E-state index contributed by atoms with van der Waals surface area (Å²) < 4.78 is 61.2. The summed E-state index contributed by atoms with van der Waals surface area (Å²) in [5.41, 5.74) is -4.32. The summed E-state index contributed by atoms with van der Waals surface area (Å²) in [5, 5.41) is 46.5. The lowest BCUT2D eigenvalue weighted by Gasteiger charge is -2.42. The fourth-order valence-electron chi connectivity index (χ4n) is 6.16. The third kappa shape index (κ3) is 6.07. The molecule has 5 rings (SSSR count). The average molecular weight is 668 g/mol. The highest BCUT2D eigenvalue weighted by Crippen LogP contribution is 2.52. The molecule has 2 aromatic rings. The van der Waals surface area contributed by atoms with E-state index in [1.165, 1.54) is 25.1 Å². The molecule has 13 nitrogen and oxygen atoms in total. The molecule has 0 bridgehead atoms. The first kappa shape index (κ1) is 34.3. The number of rotatable bonds is 8. The Kier molecular flexibility index (Phi) is 9.11. The van der Waals surface area contributed by atoms with E-state index in [9.17, 15) is 52.8 Å². The van der Waals surface area contributed by atoms with E-state index in [2.05, 4.69) is 0 Å². The molecular weight excluding hydrogens is 635 g/mol. The lowest BCUT2D eigenvalue weighted by molar-refractivity contribution is -0.250. The number of fused-ring (bicyclic) bond motifs is 3. The maximum atomic E-state index is 13.9. The predicted octanol–water partition coefficient (Wildman–Crippen LogP) is 2.11. The maximum Gasteiger partial charge on any atom is 0.471 e. The van der Waals surface area contributed by atoms with Crippen LogP contribution >= 0.6 is 0 Å². The third-order valence-corrected chi connectivity index (χ3v) is 8.61. The SMILES string of the molecule is CCOCOc1cccc2c1C(=O)c1c(O)c3c(c(O)c1C2=O)C[C@@](O)(C(C)=O)C[C@@H]3OC1CC(NC(=O)C(F)(F)F)C(O)C(C)O1. The molecule has 1 amide bonds. The van der Waals surface area contributed by atoms with Gasteiger partial charge in [-0.15, -0.1) is 0 Å². The fourth-order valence-corrected chi connectivity index (χ4v) is 6.16. The molecule has 2 aliphatic carbocycles. The Morgan fingerprint density at radius 2 is 1.79 bits per heavy atom. The molecular formula is C31H32F3NO12. The van der Waals surface area contributed by atoms with Crippen LogP contribution in [0.2, 0.25) is 0 Å². The van der Waals surface area contributed by atoms with Gasteiger partial charge in [0.2, 0.25) is 5.78 Å². The number of ketones is 3. The molecule has 1 fully saturated rings. The van der Waals surface area contributed by atoms with E-state index in [4.69, 9.17) is 18.9 Å². The number of hydrogen-bond acceptors (Lipinski definition) is 12. The molecule has 0 spiro atoms. The molecule has 1 saturated heterocycles. The van der Waals surface area contributed by atoms with E-state index in [1.54, 1.807) is 12.2 Å². The summed E-state index contributed by atoms with van der Waals surface area (Å²) in [6.07, 6.45) is -12.8. The first-order valence-corrected chi connectivity index (χ1v) is 14.6. The van der Waals surface area contributed by atoms with Crippen LogP contribution in [0.4, 0.5) is 13.2 Å². The number of Topliss-reactive ketones (excluding diaryl/α,β-unsaturated/α-hetero) is 1. The van der Waals surface area contributed by atoms with Crippen molar-refractivity contribution in [2.24, 2.45) is 0 Å². The zero-order valence-corrected chi connectivity index (χ0v) is 25.3. The van der Waals surface area contributed by atoms with Crippen molar-refractivity contribution in [3.05, 3.63) is 51.6 Å². The molecule has 1 aliphatic heterocycles. The number of aromatic hydroxyl groups is 2. The monoisotopic (exact) mass is 667 g/mol. The molecule has 2 aromatic carbocycles. The number of ether oxygens (including phenoxy) is 4. The number of carbonyl (C=O) groups is 4. The Morgan fingerprint density at radius 3 is 2.43 bits per heavy atom. The molecule has 6 atom stereocenters. The highest BCUT2D eigenvalue weighted by Gasteiger charge is 2.50. The number of aliphatic hydroxyl groups excluding tert-OH is 1. The Balaban J connectivity index is 1.58. The van der Waals surface area contributed by atoms with Gasteiger partial charge in [0, 0.05) is 42.6 Å². The van der Waals surface area contributed by atoms with Crippen LogP contribution in [0.5, 0.6) is 17.2 Å². The van der Waals surface area contributed by atoms with E-state index >= 15 is 0 Å². The Hall–Kier alpha value is -4.09. The first-order chi connectivity index (χ1) is 22.0. The number of nitrogens with one attached hydrogen (secondary N) is 1. The van der Waals surface area contributed by atoms with Crippen LogP contribution < -0.4 is 10.1 Å². The summed E-state index contributed by atoms with van der Waals surface area (Å²) in [7, 11) is 0. The number of aliphatic hydroxyl groups is 2. The van der Waals surface area contributed by atoms with Crippen molar-refractivity contribution in [3.63, 3.8) is 0 Å². The second kappa shape index (κ2) is 12.5. The number of phenolic OH excluding ortho intramolecular Hbond substituents is 2. The number of halogens is 3. The molecule has 3 aliphatic rings. The van der Waals surface area contributed by atoms with Gasteiger partial charge in [-0.05, 0) is 26.8 Å². The van der Waals surface area contributed by atoms with Crippen molar-refractivity contribution in [2.45, 2.75) is 82.5 Å². The van der Waals surface area contributed by atoms with E-state index < -0.39 is 108 Å². The Bertz CT molecular complexity index is 1640. The van der Waals surface area contributed by atoms with Gasteiger partial charge in [0.15, 0.2) is 24.6 Å². The Morgan fingerprint density at radius 1 is 1.11 bits per heavy atom. The van der Waals surface area contributed by atoms with Gasteiger partial charge in [0.25, 0.3) is 0 Å². The molecule has 1 heterocycles. The van der Waals surface area contributed by atoms with Crippen molar-refractivity contribution in [1.29, 1.82) is 0 Å². The molecule has 0 saturated carbocycles. The van der Waals surface area contributed by atoms with E-state index in [0.717, 1.165) is 6.92 Å². The van der Waals surface area contributed by atoms with Crippen LogP contribution in [0, 0.1) is 0 Å². The smallest absolute Gasteiger partial charge is 0.471 e. The summed E-state index contributed by atoms with van der Waals surface area (Å²) in [4.78, 5) is 51.9. The minimum Gasteiger partial charge on any atom is -0.507 e. The topological polar surface area (TPSA) is 198 Å². The lowest BCUT2D eigenvalue weighted by atomic mass is 9.72. The minimum atomic E-state index is -5.25.